The van der Waals surface area contributed by atoms with Gasteiger partial charge in [0.1, 0.15) is 5.82 Å². The van der Waals surface area contributed by atoms with Crippen LogP contribution in [0.3, 0.4) is 0 Å². The molecule has 0 unspecified atom stereocenters. The minimum Gasteiger partial charge on any atom is -0.383 e. The molecular weight excluding hydrogens is 404 g/mol. The second-order valence-electron chi connectivity index (χ2n) is 8.78. The van der Waals surface area contributed by atoms with E-state index in [1.54, 1.807) is 24.1 Å². The summed E-state index contributed by atoms with van der Waals surface area (Å²) in [5.74, 6) is -0.519. The highest BCUT2D eigenvalue weighted by Crippen LogP contribution is 2.40. The van der Waals surface area contributed by atoms with E-state index >= 15 is 0 Å². The number of hydrogen-bond acceptors (Lipinski definition) is 5. The van der Waals surface area contributed by atoms with Crippen molar-refractivity contribution in [3.8, 4) is 11.1 Å². The van der Waals surface area contributed by atoms with Gasteiger partial charge in [0.05, 0.1) is 23.6 Å². The predicted molar refractivity (Wildman–Crippen MR) is 124 cm³/mol. The number of nitrogens with one attached hydrogen (secondary N) is 2. The molecule has 3 aromatic rings. The molecule has 1 saturated heterocycles. The molecular formula is C24H28N6O2. The molecule has 2 amide bonds. The van der Waals surface area contributed by atoms with Gasteiger partial charge in [-0.25, -0.2) is 4.98 Å². The normalized spacial score (nSPS) is 20.7. The molecule has 2 atom stereocenters. The van der Waals surface area contributed by atoms with E-state index in [2.05, 4.69) is 27.4 Å². The Morgan fingerprint density at radius 2 is 1.97 bits per heavy atom. The number of likely N-dealkylation sites (tertiary alicyclic amines) is 1. The van der Waals surface area contributed by atoms with Crippen LogP contribution in [-0.2, 0) is 15.1 Å². The van der Waals surface area contributed by atoms with E-state index in [1.807, 2.05) is 37.4 Å². The molecule has 0 radical (unpaired) electrons. The SMILES string of the molecule is Cc1cc(NC(=O)C(=O)N2C[C@@H](C)CC[C@@]2(C)c2ccc(-c3cn[nH]c3)cc2)cnc1N. The molecule has 2 aromatic heterocycles. The number of aromatic amines is 1. The Morgan fingerprint density at radius 3 is 2.62 bits per heavy atom. The van der Waals surface area contributed by atoms with E-state index in [0.717, 1.165) is 35.1 Å². The topological polar surface area (TPSA) is 117 Å². The van der Waals surface area contributed by atoms with Crippen molar-refractivity contribution in [1.82, 2.24) is 20.1 Å². The molecule has 0 spiro atoms. The molecule has 0 aliphatic carbocycles. The van der Waals surface area contributed by atoms with Crippen LogP contribution in [0.1, 0.15) is 37.8 Å². The van der Waals surface area contributed by atoms with Gasteiger partial charge in [0.15, 0.2) is 0 Å². The number of benzene rings is 1. The van der Waals surface area contributed by atoms with Crippen molar-refractivity contribution in [3.63, 3.8) is 0 Å². The van der Waals surface area contributed by atoms with Gasteiger partial charge in [0.25, 0.3) is 0 Å². The number of H-pyrrole nitrogens is 1. The summed E-state index contributed by atoms with van der Waals surface area (Å²) in [6.45, 7) is 6.46. The van der Waals surface area contributed by atoms with Crippen molar-refractivity contribution in [2.45, 2.75) is 39.2 Å². The van der Waals surface area contributed by atoms with E-state index in [0.29, 0.717) is 24.0 Å². The zero-order valence-corrected chi connectivity index (χ0v) is 18.6. The van der Waals surface area contributed by atoms with Crippen LogP contribution in [0.5, 0.6) is 0 Å². The molecule has 0 saturated carbocycles. The molecule has 8 nitrogen and oxygen atoms in total. The summed E-state index contributed by atoms with van der Waals surface area (Å²) in [5, 5.41) is 9.50. The summed E-state index contributed by atoms with van der Waals surface area (Å²) in [7, 11) is 0. The Hall–Kier alpha value is -3.68. The number of piperidine rings is 1. The zero-order valence-electron chi connectivity index (χ0n) is 18.6. The summed E-state index contributed by atoms with van der Waals surface area (Å²) < 4.78 is 0. The standard InChI is InChI=1S/C24H28N6O2/c1-15-8-9-24(3,19-6-4-17(5-7-19)18-11-27-28-12-18)30(14-15)23(32)22(31)29-20-10-16(2)21(25)26-13-20/h4-7,10-13,15H,8-9,14H2,1-3H3,(H2,25,26)(H,27,28)(H,29,31)/t15-,24-/m0/s1. The van der Waals surface area contributed by atoms with E-state index in [9.17, 15) is 9.59 Å². The lowest BCUT2D eigenvalue weighted by Crippen LogP contribution is -2.55. The fourth-order valence-electron chi connectivity index (χ4n) is 4.27. The second-order valence-corrected chi connectivity index (χ2v) is 8.78. The van der Waals surface area contributed by atoms with E-state index in [-0.39, 0.29) is 0 Å². The van der Waals surface area contributed by atoms with Gasteiger partial charge in [0, 0.05) is 18.3 Å². The molecule has 4 N–H and O–H groups in total. The number of aryl methyl sites for hydroxylation is 1. The van der Waals surface area contributed by atoms with Crippen LogP contribution in [0, 0.1) is 12.8 Å². The molecule has 0 bridgehead atoms. The van der Waals surface area contributed by atoms with Crippen LogP contribution < -0.4 is 11.1 Å². The maximum Gasteiger partial charge on any atom is 0.313 e. The lowest BCUT2D eigenvalue weighted by atomic mass is 9.78. The van der Waals surface area contributed by atoms with Crippen LogP contribution >= 0.6 is 0 Å². The lowest BCUT2D eigenvalue weighted by molar-refractivity contribution is -0.150. The number of anilines is 2. The number of rotatable bonds is 3. The van der Waals surface area contributed by atoms with Crippen LogP contribution in [0.15, 0.2) is 48.9 Å². The van der Waals surface area contributed by atoms with Gasteiger partial charge in [-0.2, -0.15) is 5.10 Å². The summed E-state index contributed by atoms with van der Waals surface area (Å²) in [4.78, 5) is 31.9. The van der Waals surface area contributed by atoms with Crippen LogP contribution in [0.25, 0.3) is 11.1 Å². The lowest BCUT2D eigenvalue weighted by Gasteiger charge is -2.47. The number of hydrogen-bond donors (Lipinski definition) is 3. The predicted octanol–water partition coefficient (Wildman–Crippen LogP) is 3.47. The van der Waals surface area contributed by atoms with Gasteiger partial charge in [-0.3, -0.25) is 14.7 Å². The number of nitrogens with zero attached hydrogens (tertiary/aromatic N) is 3. The number of nitrogens with two attached hydrogens (primary N) is 1. The first-order valence-electron chi connectivity index (χ1n) is 10.7. The number of aromatic nitrogens is 3. The summed E-state index contributed by atoms with van der Waals surface area (Å²) in [6, 6.07) is 9.82. The van der Waals surface area contributed by atoms with Gasteiger partial charge in [-0.1, -0.05) is 31.2 Å². The van der Waals surface area contributed by atoms with E-state index < -0.39 is 17.4 Å². The van der Waals surface area contributed by atoms with Crippen molar-refractivity contribution in [2.75, 3.05) is 17.6 Å². The summed E-state index contributed by atoms with van der Waals surface area (Å²) in [5.41, 5.74) is 9.40. The van der Waals surface area contributed by atoms with Gasteiger partial charge < -0.3 is 16.0 Å². The van der Waals surface area contributed by atoms with Crippen LogP contribution in [0.2, 0.25) is 0 Å². The van der Waals surface area contributed by atoms with Crippen LogP contribution in [-0.4, -0.2) is 38.4 Å². The van der Waals surface area contributed by atoms with E-state index in [1.165, 1.54) is 6.20 Å². The summed E-state index contributed by atoms with van der Waals surface area (Å²) >= 11 is 0. The number of nitrogen functional groups attached to an aromatic ring is 1. The quantitative estimate of drug-likeness (QED) is 0.548. The Kier molecular flexibility index (Phi) is 5.69. The van der Waals surface area contributed by atoms with Gasteiger partial charge in [0.2, 0.25) is 0 Å². The Morgan fingerprint density at radius 1 is 1.22 bits per heavy atom. The average molecular weight is 433 g/mol. The van der Waals surface area contributed by atoms with Gasteiger partial charge in [-0.05, 0) is 55.4 Å². The third kappa shape index (κ3) is 4.08. The maximum atomic E-state index is 13.3. The second kappa shape index (κ2) is 8.45. The third-order valence-electron chi connectivity index (χ3n) is 6.37. The highest BCUT2D eigenvalue weighted by molar-refractivity contribution is 6.39. The molecule has 1 fully saturated rings. The van der Waals surface area contributed by atoms with Crippen molar-refractivity contribution in [3.05, 3.63) is 60.0 Å². The largest absolute Gasteiger partial charge is 0.383 e. The highest BCUT2D eigenvalue weighted by Gasteiger charge is 2.43. The monoisotopic (exact) mass is 432 g/mol. The molecule has 3 heterocycles. The number of carbonyl (C=O) groups is 2. The van der Waals surface area contributed by atoms with Gasteiger partial charge in [-0.15, -0.1) is 0 Å². The van der Waals surface area contributed by atoms with E-state index in [4.69, 9.17) is 5.73 Å². The Balaban J connectivity index is 1.58. The molecule has 32 heavy (non-hydrogen) atoms. The zero-order chi connectivity index (χ0) is 22.9. The first-order chi connectivity index (χ1) is 15.3. The smallest absolute Gasteiger partial charge is 0.313 e. The third-order valence-corrected chi connectivity index (χ3v) is 6.37. The summed E-state index contributed by atoms with van der Waals surface area (Å²) in [6.07, 6.45) is 6.83. The minimum atomic E-state index is -0.675. The molecule has 1 aromatic carbocycles. The first kappa shape index (κ1) is 21.5. The highest BCUT2D eigenvalue weighted by atomic mass is 16.2. The van der Waals surface area contributed by atoms with Crippen molar-refractivity contribution in [1.29, 1.82) is 0 Å². The van der Waals surface area contributed by atoms with Crippen molar-refractivity contribution >= 4 is 23.3 Å². The maximum absolute atomic E-state index is 13.3. The number of amides is 2. The Bertz CT molecular complexity index is 1130. The van der Waals surface area contributed by atoms with Crippen molar-refractivity contribution < 1.29 is 9.59 Å². The molecule has 1 aliphatic rings. The fourth-order valence-corrected chi connectivity index (χ4v) is 4.27. The first-order valence-corrected chi connectivity index (χ1v) is 10.7. The average Bonchev–Trinajstić information content (AvgIpc) is 3.32. The number of carbonyl (C=O) groups excluding carboxylic acids is 2. The fraction of sp³-hybridized carbons (Fsp3) is 0.333. The van der Waals surface area contributed by atoms with Crippen molar-refractivity contribution in [2.24, 2.45) is 5.92 Å². The molecule has 166 valence electrons. The number of pyridine rings is 1. The van der Waals surface area contributed by atoms with Gasteiger partial charge >= 0.3 is 11.8 Å². The molecule has 4 rings (SSSR count). The molecule has 1 aliphatic heterocycles. The van der Waals surface area contributed by atoms with Crippen LogP contribution in [0.4, 0.5) is 11.5 Å². The minimum absolute atomic E-state index is 0.311. The Labute approximate surface area is 187 Å². The molecule has 8 heteroatoms.